The highest BCUT2D eigenvalue weighted by Gasteiger charge is 2.41. The third-order valence-electron chi connectivity index (χ3n) is 6.56. The van der Waals surface area contributed by atoms with Crippen LogP contribution in [0.3, 0.4) is 0 Å². The highest BCUT2D eigenvalue weighted by atomic mass is 32.2. The highest BCUT2D eigenvalue weighted by molar-refractivity contribution is 7.90. The van der Waals surface area contributed by atoms with Crippen molar-refractivity contribution in [3.8, 4) is 0 Å². The van der Waals surface area contributed by atoms with Gasteiger partial charge in [-0.2, -0.15) is 13.2 Å². The van der Waals surface area contributed by atoms with Crippen LogP contribution in [-0.4, -0.2) is 67.9 Å². The van der Waals surface area contributed by atoms with Gasteiger partial charge in [-0.15, -0.1) is 0 Å². The van der Waals surface area contributed by atoms with Crippen molar-refractivity contribution in [3.05, 3.63) is 65.2 Å². The predicted octanol–water partition coefficient (Wildman–Crippen LogP) is 4.73. The molecule has 0 saturated heterocycles. The number of hydrogen-bond acceptors (Lipinski definition) is 7. The Hall–Kier alpha value is -3.58. The van der Waals surface area contributed by atoms with Crippen molar-refractivity contribution in [1.82, 2.24) is 25.2 Å². The average molecular weight is 590 g/mol. The SMILES string of the molecule is C=C(/N=C(\C(/N=C(\C=O)NCc1ccc([S+](C)[O-])cn1)=C(C)C)N(C)[C@@H](C)C(F)(F)F)c1c(C)ncnc1C1CC1. The molecular formula is C28H34F3N7O2S. The smallest absolute Gasteiger partial charge is 0.408 e. The molecule has 220 valence electrons. The van der Waals surface area contributed by atoms with Crippen LogP contribution in [0.15, 0.2) is 57.4 Å². The van der Waals surface area contributed by atoms with Crippen LogP contribution in [0, 0.1) is 6.92 Å². The predicted molar refractivity (Wildman–Crippen MR) is 154 cm³/mol. The van der Waals surface area contributed by atoms with Crippen molar-refractivity contribution >= 4 is 34.8 Å². The summed E-state index contributed by atoms with van der Waals surface area (Å²) >= 11 is -1.19. The largest absolute Gasteiger partial charge is 0.612 e. The molecule has 1 aliphatic rings. The lowest BCUT2D eigenvalue weighted by Crippen LogP contribution is -2.45. The lowest BCUT2D eigenvalue weighted by Gasteiger charge is -2.30. The lowest BCUT2D eigenvalue weighted by atomic mass is 10.1. The molecule has 2 atom stereocenters. The van der Waals surface area contributed by atoms with Gasteiger partial charge < -0.3 is 14.8 Å². The molecule has 0 bridgehead atoms. The van der Waals surface area contributed by atoms with E-state index in [1.54, 1.807) is 32.9 Å². The van der Waals surface area contributed by atoms with Crippen LogP contribution in [0.2, 0.25) is 0 Å². The number of carbonyl (C=O) groups excluding carboxylic acids is 1. The number of pyridine rings is 1. The second kappa shape index (κ2) is 13.4. The van der Waals surface area contributed by atoms with Crippen LogP contribution >= 0.6 is 0 Å². The van der Waals surface area contributed by atoms with E-state index < -0.39 is 23.4 Å². The number of aromatic nitrogens is 3. The van der Waals surface area contributed by atoms with Gasteiger partial charge in [-0.05, 0) is 69.4 Å². The minimum Gasteiger partial charge on any atom is -0.612 e. The van der Waals surface area contributed by atoms with Gasteiger partial charge in [0.1, 0.15) is 24.3 Å². The molecule has 1 aliphatic carbocycles. The molecule has 1 unspecified atom stereocenters. The van der Waals surface area contributed by atoms with Gasteiger partial charge in [0.25, 0.3) is 0 Å². The van der Waals surface area contributed by atoms with Crippen molar-refractivity contribution in [1.29, 1.82) is 0 Å². The minimum atomic E-state index is -4.57. The first-order valence-corrected chi connectivity index (χ1v) is 14.4. The molecule has 0 aromatic carbocycles. The number of hydrogen-bond donors (Lipinski definition) is 1. The van der Waals surface area contributed by atoms with Crippen LogP contribution in [0.1, 0.15) is 62.2 Å². The van der Waals surface area contributed by atoms with Gasteiger partial charge in [-0.3, -0.25) is 9.78 Å². The maximum absolute atomic E-state index is 13.9. The molecule has 41 heavy (non-hydrogen) atoms. The van der Waals surface area contributed by atoms with Gasteiger partial charge in [-0.25, -0.2) is 20.0 Å². The zero-order chi connectivity index (χ0) is 30.5. The molecule has 1 N–H and O–H groups in total. The van der Waals surface area contributed by atoms with Crippen LogP contribution in [0.4, 0.5) is 13.2 Å². The number of carbonyl (C=O) groups is 1. The molecule has 1 fully saturated rings. The first-order chi connectivity index (χ1) is 19.2. The summed E-state index contributed by atoms with van der Waals surface area (Å²) in [5, 5.41) is 2.87. The summed E-state index contributed by atoms with van der Waals surface area (Å²) in [4.78, 5) is 35.4. The summed E-state index contributed by atoms with van der Waals surface area (Å²) in [5.74, 6) is -0.0185. The van der Waals surface area contributed by atoms with Gasteiger partial charge >= 0.3 is 6.18 Å². The summed E-state index contributed by atoms with van der Waals surface area (Å²) in [5.41, 5.74) is 3.32. The Balaban J connectivity index is 2.04. The van der Waals surface area contributed by atoms with Gasteiger partial charge in [0, 0.05) is 18.5 Å². The number of nitrogens with zero attached hydrogens (tertiary/aromatic N) is 6. The van der Waals surface area contributed by atoms with Crippen molar-refractivity contribution in [3.63, 3.8) is 0 Å². The van der Waals surface area contributed by atoms with Crippen LogP contribution < -0.4 is 5.32 Å². The maximum atomic E-state index is 13.9. The standard InChI is InChI=1S/C28H34F3N7O2S/c1-16(2)25(37-23(14-39)33-12-21-10-11-22(13-32-21)41(7)40)27(38(6)19(5)28(29,30)31)36-18(4)24-17(3)34-15-35-26(24)20-8-9-20/h10-11,13-15,19-20H,4,8-9,12H2,1-3,5-7H3,(H,33,37)/b36-27+/t19-,41?/m0/s1. The average Bonchev–Trinajstić information content (AvgIpc) is 3.76. The number of allylic oxidation sites excluding steroid dienone is 1. The summed E-state index contributed by atoms with van der Waals surface area (Å²) in [6.07, 6.45) is 2.27. The molecule has 2 aromatic rings. The molecule has 0 radical (unpaired) electrons. The molecule has 0 spiro atoms. The van der Waals surface area contributed by atoms with Crippen LogP contribution in [0.25, 0.3) is 5.70 Å². The third kappa shape index (κ3) is 8.23. The maximum Gasteiger partial charge on any atom is 0.408 e. The summed E-state index contributed by atoms with van der Waals surface area (Å²) in [6.45, 7) is 10.3. The second-order valence-corrected chi connectivity index (χ2v) is 11.3. The molecule has 0 amide bonds. The third-order valence-corrected chi connectivity index (χ3v) is 7.46. The molecule has 13 heteroatoms. The van der Waals surface area contributed by atoms with Gasteiger partial charge in [0.15, 0.2) is 22.9 Å². The molecule has 2 heterocycles. The highest BCUT2D eigenvalue weighted by Crippen LogP contribution is 2.42. The van der Waals surface area contributed by atoms with E-state index in [1.807, 2.05) is 0 Å². The number of aryl methyl sites for hydroxylation is 1. The Labute approximate surface area is 241 Å². The van der Waals surface area contributed by atoms with Crippen molar-refractivity contribution in [2.75, 3.05) is 13.3 Å². The van der Waals surface area contributed by atoms with Crippen LogP contribution in [-0.2, 0) is 22.5 Å². The first-order valence-electron chi connectivity index (χ1n) is 12.9. The number of aliphatic imine (C=N–C) groups is 2. The van der Waals surface area contributed by atoms with Crippen molar-refractivity contribution in [2.45, 2.75) is 70.1 Å². The first kappa shape index (κ1) is 31.9. The van der Waals surface area contributed by atoms with Crippen LogP contribution in [0.5, 0.6) is 0 Å². The van der Waals surface area contributed by atoms with E-state index in [-0.39, 0.29) is 35.5 Å². The van der Waals surface area contributed by atoms with Gasteiger partial charge in [0.05, 0.1) is 35.5 Å². The Morgan fingerprint density at radius 3 is 2.46 bits per heavy atom. The lowest BCUT2D eigenvalue weighted by molar-refractivity contribution is -0.166. The normalized spacial score (nSPS) is 15.7. The Morgan fingerprint density at radius 1 is 1.27 bits per heavy atom. The Bertz CT molecular complexity index is 1360. The number of aldehydes is 1. The summed E-state index contributed by atoms with van der Waals surface area (Å²) in [6, 6.07) is 1.40. The molecule has 1 saturated carbocycles. The number of halogens is 3. The number of alkyl halides is 3. The molecule has 3 rings (SSSR count). The fraction of sp³-hybridized carbons (Fsp3) is 0.429. The van der Waals surface area contributed by atoms with E-state index in [0.717, 1.165) is 30.4 Å². The second-order valence-electron chi connectivity index (χ2n) is 9.96. The number of amidine groups is 2. The topological polar surface area (TPSA) is 119 Å². The molecular weight excluding hydrogens is 555 g/mol. The monoisotopic (exact) mass is 589 g/mol. The molecule has 2 aromatic heterocycles. The van der Waals surface area contributed by atoms with E-state index in [2.05, 4.69) is 36.8 Å². The van der Waals surface area contributed by atoms with Gasteiger partial charge in [0.2, 0.25) is 0 Å². The van der Waals surface area contributed by atoms with E-state index in [1.165, 1.54) is 25.8 Å². The van der Waals surface area contributed by atoms with E-state index in [9.17, 15) is 22.5 Å². The fourth-order valence-corrected chi connectivity index (χ4v) is 4.34. The summed E-state index contributed by atoms with van der Waals surface area (Å²) < 4.78 is 53.2. The zero-order valence-corrected chi connectivity index (χ0v) is 24.7. The Kier molecular flexibility index (Phi) is 10.4. The van der Waals surface area contributed by atoms with E-state index >= 15 is 0 Å². The minimum absolute atomic E-state index is 0.0755. The molecule has 0 aliphatic heterocycles. The quantitative estimate of drug-likeness (QED) is 0.184. The Morgan fingerprint density at radius 2 is 1.95 bits per heavy atom. The van der Waals surface area contributed by atoms with Crippen molar-refractivity contribution < 1.29 is 22.5 Å². The summed E-state index contributed by atoms with van der Waals surface area (Å²) in [7, 11) is 1.27. The van der Waals surface area contributed by atoms with Crippen molar-refractivity contribution in [2.24, 2.45) is 9.98 Å². The number of rotatable bonds is 10. The van der Waals surface area contributed by atoms with E-state index in [4.69, 9.17) is 0 Å². The van der Waals surface area contributed by atoms with E-state index in [0.29, 0.717) is 33.7 Å². The number of likely N-dealkylation sites (N-methyl/N-ethyl adjacent to an activating group) is 1. The zero-order valence-electron chi connectivity index (χ0n) is 23.9. The number of nitrogens with one attached hydrogen (secondary N) is 1. The van der Waals surface area contributed by atoms with Gasteiger partial charge in [-0.1, -0.05) is 6.58 Å². The fourth-order valence-electron chi connectivity index (χ4n) is 3.88. The molecule has 9 nitrogen and oxygen atoms in total.